The first-order valence-electron chi connectivity index (χ1n) is 6.44. The Bertz CT molecular complexity index is 384. The molecule has 2 rings (SSSR count). The van der Waals surface area contributed by atoms with Crippen LogP contribution in [0.3, 0.4) is 0 Å². The lowest BCUT2D eigenvalue weighted by Gasteiger charge is -2.28. The Kier molecular flexibility index (Phi) is 3.97. The van der Waals surface area contributed by atoms with Gasteiger partial charge >= 0.3 is 0 Å². The number of nitrogens with one attached hydrogen (secondary N) is 1. The van der Waals surface area contributed by atoms with Gasteiger partial charge in [0.05, 0.1) is 11.4 Å². The number of nitrogens with two attached hydrogens (primary N) is 1. The summed E-state index contributed by atoms with van der Waals surface area (Å²) < 4.78 is 1.08. The zero-order valence-corrected chi connectivity index (χ0v) is 12.0. The van der Waals surface area contributed by atoms with Gasteiger partial charge in [-0.15, -0.1) is 0 Å². The quantitative estimate of drug-likeness (QED) is 0.808. The molecule has 0 aliphatic heterocycles. The van der Waals surface area contributed by atoms with Crippen molar-refractivity contribution >= 4 is 27.3 Å². The first-order valence-corrected chi connectivity index (χ1v) is 7.23. The Hall–Kier alpha value is -0.700. The minimum Gasteiger partial charge on any atom is -0.397 e. The minimum atomic E-state index is 0.495. The molecule has 0 radical (unpaired) electrons. The second-order valence-corrected chi connectivity index (χ2v) is 6.06. The summed E-state index contributed by atoms with van der Waals surface area (Å²) in [4.78, 5) is 0. The lowest BCUT2D eigenvalue weighted by Crippen LogP contribution is -2.26. The van der Waals surface area contributed by atoms with E-state index < -0.39 is 0 Å². The van der Waals surface area contributed by atoms with E-state index in [2.05, 4.69) is 34.2 Å². The third kappa shape index (κ3) is 2.95. The van der Waals surface area contributed by atoms with Gasteiger partial charge in [-0.3, -0.25) is 0 Å². The van der Waals surface area contributed by atoms with E-state index in [-0.39, 0.29) is 0 Å². The number of anilines is 2. The Morgan fingerprint density at radius 1 is 1.35 bits per heavy atom. The molecule has 3 heteroatoms. The maximum absolute atomic E-state index is 5.98. The number of rotatable bonds is 4. The molecule has 1 saturated carbocycles. The molecule has 94 valence electrons. The van der Waals surface area contributed by atoms with Crippen LogP contribution in [0.15, 0.2) is 22.7 Å². The summed E-state index contributed by atoms with van der Waals surface area (Å²) in [6, 6.07) is 5.99. The van der Waals surface area contributed by atoms with Crippen LogP contribution in [0.2, 0.25) is 0 Å². The molecule has 0 unspecified atom stereocenters. The summed E-state index contributed by atoms with van der Waals surface area (Å²) >= 11 is 3.48. The summed E-state index contributed by atoms with van der Waals surface area (Å²) in [5.74, 6) is 0. The number of halogens is 1. The van der Waals surface area contributed by atoms with Gasteiger partial charge in [0.1, 0.15) is 0 Å². The Morgan fingerprint density at radius 2 is 2.06 bits per heavy atom. The summed E-state index contributed by atoms with van der Waals surface area (Å²) in [7, 11) is 0. The van der Waals surface area contributed by atoms with Crippen molar-refractivity contribution in [2.75, 3.05) is 17.6 Å². The maximum atomic E-state index is 5.98. The van der Waals surface area contributed by atoms with Crippen LogP contribution in [-0.2, 0) is 0 Å². The summed E-state index contributed by atoms with van der Waals surface area (Å²) in [5, 5.41) is 3.53. The van der Waals surface area contributed by atoms with Crippen LogP contribution in [0.1, 0.15) is 39.0 Å². The maximum Gasteiger partial charge on any atom is 0.0585 e. The van der Waals surface area contributed by atoms with Crippen molar-refractivity contribution in [3.05, 3.63) is 22.7 Å². The topological polar surface area (TPSA) is 38.0 Å². The van der Waals surface area contributed by atoms with Crippen molar-refractivity contribution in [3.63, 3.8) is 0 Å². The molecule has 0 bridgehead atoms. The van der Waals surface area contributed by atoms with Crippen LogP contribution in [0.5, 0.6) is 0 Å². The molecule has 1 aromatic carbocycles. The highest BCUT2D eigenvalue weighted by Gasteiger charge is 2.31. The van der Waals surface area contributed by atoms with Crippen molar-refractivity contribution in [2.45, 2.75) is 39.0 Å². The van der Waals surface area contributed by atoms with Crippen LogP contribution < -0.4 is 11.1 Å². The first-order chi connectivity index (χ1) is 8.15. The second kappa shape index (κ2) is 5.30. The first kappa shape index (κ1) is 12.7. The Labute approximate surface area is 112 Å². The molecule has 1 aliphatic carbocycles. The molecule has 0 spiro atoms. The van der Waals surface area contributed by atoms with E-state index in [1.807, 2.05) is 12.1 Å². The van der Waals surface area contributed by atoms with Crippen molar-refractivity contribution in [1.82, 2.24) is 0 Å². The zero-order chi connectivity index (χ0) is 12.3. The van der Waals surface area contributed by atoms with Gasteiger partial charge in [-0.2, -0.15) is 0 Å². The van der Waals surface area contributed by atoms with Gasteiger partial charge in [-0.05, 0) is 42.9 Å². The molecule has 0 atom stereocenters. The molecule has 3 N–H and O–H groups in total. The van der Waals surface area contributed by atoms with E-state index in [1.165, 1.54) is 32.1 Å². The number of hydrogen-bond donors (Lipinski definition) is 2. The van der Waals surface area contributed by atoms with Crippen LogP contribution in [0.25, 0.3) is 0 Å². The number of benzene rings is 1. The molecule has 0 heterocycles. The molecular formula is C14H21BrN2. The van der Waals surface area contributed by atoms with Crippen molar-refractivity contribution < 1.29 is 0 Å². The van der Waals surface area contributed by atoms with E-state index in [1.54, 1.807) is 0 Å². The third-order valence-corrected chi connectivity index (χ3v) is 4.58. The predicted octanol–water partition coefficient (Wildman–Crippen LogP) is 4.41. The standard InChI is InChI=1S/C14H21BrN2/c1-2-14(7-3-4-8-14)10-17-13-9-11(15)5-6-12(13)16/h5-6,9,17H,2-4,7-8,10,16H2,1H3. The van der Waals surface area contributed by atoms with Crippen molar-refractivity contribution in [1.29, 1.82) is 0 Å². The van der Waals surface area contributed by atoms with Gasteiger partial charge in [0.25, 0.3) is 0 Å². The normalized spacial score (nSPS) is 18.2. The van der Waals surface area contributed by atoms with E-state index >= 15 is 0 Å². The van der Waals surface area contributed by atoms with Gasteiger partial charge in [0.2, 0.25) is 0 Å². The largest absolute Gasteiger partial charge is 0.397 e. The van der Waals surface area contributed by atoms with Crippen LogP contribution in [0, 0.1) is 5.41 Å². The van der Waals surface area contributed by atoms with Crippen molar-refractivity contribution in [3.8, 4) is 0 Å². The molecule has 0 amide bonds. The highest BCUT2D eigenvalue weighted by molar-refractivity contribution is 9.10. The van der Waals surface area contributed by atoms with Crippen LogP contribution in [-0.4, -0.2) is 6.54 Å². The SMILES string of the molecule is CCC1(CNc2cc(Br)ccc2N)CCCC1. The van der Waals surface area contributed by atoms with Gasteiger partial charge in [-0.1, -0.05) is 35.7 Å². The fraction of sp³-hybridized carbons (Fsp3) is 0.571. The number of nitrogen functional groups attached to an aromatic ring is 1. The van der Waals surface area contributed by atoms with Crippen LogP contribution >= 0.6 is 15.9 Å². The van der Waals surface area contributed by atoms with Gasteiger partial charge < -0.3 is 11.1 Å². The Balaban J connectivity index is 2.03. The zero-order valence-electron chi connectivity index (χ0n) is 10.4. The molecule has 17 heavy (non-hydrogen) atoms. The van der Waals surface area contributed by atoms with E-state index in [9.17, 15) is 0 Å². The fourth-order valence-electron chi connectivity index (χ4n) is 2.74. The molecule has 1 fully saturated rings. The highest BCUT2D eigenvalue weighted by atomic mass is 79.9. The molecular weight excluding hydrogens is 276 g/mol. The smallest absolute Gasteiger partial charge is 0.0585 e. The average molecular weight is 297 g/mol. The third-order valence-electron chi connectivity index (χ3n) is 4.08. The number of hydrogen-bond acceptors (Lipinski definition) is 2. The minimum absolute atomic E-state index is 0.495. The molecule has 2 nitrogen and oxygen atoms in total. The van der Waals surface area contributed by atoms with Crippen LogP contribution in [0.4, 0.5) is 11.4 Å². The monoisotopic (exact) mass is 296 g/mol. The summed E-state index contributed by atoms with van der Waals surface area (Å²) in [6.45, 7) is 3.35. The predicted molar refractivity (Wildman–Crippen MR) is 78.2 cm³/mol. The van der Waals surface area contributed by atoms with Gasteiger partial charge in [0, 0.05) is 11.0 Å². The average Bonchev–Trinajstić information content (AvgIpc) is 2.80. The highest BCUT2D eigenvalue weighted by Crippen LogP contribution is 2.41. The van der Waals surface area contributed by atoms with E-state index in [4.69, 9.17) is 5.73 Å². The molecule has 1 aromatic rings. The van der Waals surface area contributed by atoms with E-state index in [0.717, 1.165) is 22.4 Å². The van der Waals surface area contributed by atoms with Gasteiger partial charge in [0.15, 0.2) is 0 Å². The molecule has 1 aliphatic rings. The van der Waals surface area contributed by atoms with Crippen molar-refractivity contribution in [2.24, 2.45) is 5.41 Å². The summed E-state index contributed by atoms with van der Waals surface area (Å²) in [5.41, 5.74) is 8.36. The Morgan fingerprint density at radius 3 is 2.71 bits per heavy atom. The second-order valence-electron chi connectivity index (χ2n) is 5.15. The summed E-state index contributed by atoms with van der Waals surface area (Å²) in [6.07, 6.45) is 6.72. The lowest BCUT2D eigenvalue weighted by molar-refractivity contribution is 0.307. The molecule has 0 saturated heterocycles. The molecule has 0 aromatic heterocycles. The van der Waals surface area contributed by atoms with E-state index in [0.29, 0.717) is 5.41 Å². The fourth-order valence-corrected chi connectivity index (χ4v) is 3.11. The lowest BCUT2D eigenvalue weighted by atomic mass is 9.83. The van der Waals surface area contributed by atoms with Gasteiger partial charge in [-0.25, -0.2) is 0 Å².